The minimum absolute atomic E-state index is 0.0969. The van der Waals surface area contributed by atoms with Gasteiger partial charge in [-0.15, -0.1) is 0 Å². The van der Waals surface area contributed by atoms with Gasteiger partial charge in [-0.2, -0.15) is 5.16 Å². The quantitative estimate of drug-likeness (QED) is 0.557. The molecular formula is C9H11N2O6-. The SMILES string of the molecule is CCOC(=O)c1o[nH]c(=O)c1CC(N)C(=O)[O-]. The number of aromatic amines is 1. The van der Waals surface area contributed by atoms with Crippen LogP contribution in [0.4, 0.5) is 0 Å². The van der Waals surface area contributed by atoms with Crippen molar-refractivity contribution in [2.45, 2.75) is 19.4 Å². The number of esters is 1. The second kappa shape index (κ2) is 5.30. The number of hydrogen-bond donors (Lipinski definition) is 2. The summed E-state index contributed by atoms with van der Waals surface area (Å²) in [5.41, 5.74) is 4.33. The Morgan fingerprint density at radius 3 is 2.76 bits per heavy atom. The van der Waals surface area contributed by atoms with Crippen molar-refractivity contribution in [1.29, 1.82) is 0 Å². The van der Waals surface area contributed by atoms with Crippen LogP contribution in [0.2, 0.25) is 0 Å². The summed E-state index contributed by atoms with van der Waals surface area (Å²) in [4.78, 5) is 33.1. The van der Waals surface area contributed by atoms with Crippen molar-refractivity contribution in [1.82, 2.24) is 5.16 Å². The molecule has 0 bridgehead atoms. The van der Waals surface area contributed by atoms with E-state index in [9.17, 15) is 19.5 Å². The first-order valence-corrected chi connectivity index (χ1v) is 4.81. The predicted octanol–water partition coefficient (Wildman–Crippen LogP) is -2.24. The van der Waals surface area contributed by atoms with Crippen LogP contribution in [0.5, 0.6) is 0 Å². The molecule has 8 nitrogen and oxygen atoms in total. The fraction of sp³-hybridized carbons (Fsp3) is 0.444. The van der Waals surface area contributed by atoms with Crippen molar-refractivity contribution in [2.24, 2.45) is 5.73 Å². The maximum atomic E-state index is 11.4. The normalized spacial score (nSPS) is 12.1. The molecule has 0 amide bonds. The van der Waals surface area contributed by atoms with E-state index in [2.05, 4.69) is 9.26 Å². The van der Waals surface area contributed by atoms with E-state index in [-0.39, 0.29) is 24.4 Å². The molecule has 1 heterocycles. The van der Waals surface area contributed by atoms with Gasteiger partial charge in [-0.05, 0) is 6.92 Å². The number of ether oxygens (including phenoxy) is 1. The number of H-pyrrole nitrogens is 1. The van der Waals surface area contributed by atoms with Gasteiger partial charge in [-0.25, -0.2) is 4.79 Å². The van der Waals surface area contributed by atoms with E-state index in [1.807, 2.05) is 5.16 Å². The predicted molar refractivity (Wildman–Crippen MR) is 52.0 cm³/mol. The number of carbonyl (C=O) groups excluding carboxylic acids is 2. The van der Waals surface area contributed by atoms with Gasteiger partial charge in [0.05, 0.1) is 18.1 Å². The van der Waals surface area contributed by atoms with Crippen LogP contribution in [0.15, 0.2) is 9.32 Å². The van der Waals surface area contributed by atoms with E-state index in [1.165, 1.54) is 0 Å². The second-order valence-electron chi connectivity index (χ2n) is 3.19. The molecule has 0 spiro atoms. The third-order valence-corrected chi connectivity index (χ3v) is 1.98. The highest BCUT2D eigenvalue weighted by molar-refractivity contribution is 5.88. The van der Waals surface area contributed by atoms with Crippen molar-refractivity contribution in [3.05, 3.63) is 21.7 Å². The minimum atomic E-state index is -1.53. The zero-order valence-electron chi connectivity index (χ0n) is 9.02. The molecule has 1 aromatic heterocycles. The molecule has 1 rings (SSSR count). The average Bonchev–Trinajstić information content (AvgIpc) is 2.61. The van der Waals surface area contributed by atoms with Crippen molar-refractivity contribution < 1.29 is 24.0 Å². The Kier molecular flexibility index (Phi) is 4.05. The van der Waals surface area contributed by atoms with E-state index in [0.717, 1.165) is 0 Å². The van der Waals surface area contributed by atoms with Gasteiger partial charge in [0.1, 0.15) is 0 Å². The first-order valence-electron chi connectivity index (χ1n) is 4.81. The molecule has 0 aliphatic rings. The molecule has 0 aliphatic carbocycles. The van der Waals surface area contributed by atoms with Crippen LogP contribution in [-0.4, -0.2) is 29.7 Å². The lowest BCUT2D eigenvalue weighted by molar-refractivity contribution is -0.307. The van der Waals surface area contributed by atoms with Crippen LogP contribution in [0, 0.1) is 0 Å². The second-order valence-corrected chi connectivity index (χ2v) is 3.19. The van der Waals surface area contributed by atoms with Gasteiger partial charge >= 0.3 is 5.97 Å². The average molecular weight is 243 g/mol. The highest BCUT2D eigenvalue weighted by atomic mass is 16.6. The summed E-state index contributed by atoms with van der Waals surface area (Å²) in [7, 11) is 0. The third kappa shape index (κ3) is 2.94. The Balaban J connectivity index is 2.98. The molecule has 3 N–H and O–H groups in total. The molecule has 0 radical (unpaired) electrons. The molecule has 1 unspecified atom stereocenters. The lowest BCUT2D eigenvalue weighted by Crippen LogP contribution is -2.44. The zero-order chi connectivity index (χ0) is 13.0. The maximum absolute atomic E-state index is 11.4. The smallest absolute Gasteiger partial charge is 0.377 e. The van der Waals surface area contributed by atoms with E-state index >= 15 is 0 Å². The molecule has 17 heavy (non-hydrogen) atoms. The number of aliphatic carboxylic acids is 1. The number of rotatable bonds is 5. The minimum Gasteiger partial charge on any atom is -0.548 e. The van der Waals surface area contributed by atoms with Crippen LogP contribution in [0.1, 0.15) is 23.0 Å². The van der Waals surface area contributed by atoms with Gasteiger partial charge < -0.3 is 24.9 Å². The summed E-state index contributed by atoms with van der Waals surface area (Å²) in [6, 6.07) is -1.40. The van der Waals surface area contributed by atoms with Crippen molar-refractivity contribution in [3.63, 3.8) is 0 Å². The van der Waals surface area contributed by atoms with Crippen LogP contribution in [-0.2, 0) is 16.0 Å². The summed E-state index contributed by atoms with van der Waals surface area (Å²) in [6.07, 6.45) is -0.373. The van der Waals surface area contributed by atoms with Crippen molar-refractivity contribution in [3.8, 4) is 0 Å². The molecule has 1 aromatic rings. The van der Waals surface area contributed by atoms with Gasteiger partial charge in [-0.3, -0.25) is 4.79 Å². The molecule has 94 valence electrons. The Hall–Kier alpha value is -2.09. The molecule has 0 aromatic carbocycles. The summed E-state index contributed by atoms with van der Waals surface area (Å²) >= 11 is 0. The molecule has 1 atom stereocenters. The van der Waals surface area contributed by atoms with E-state index in [0.29, 0.717) is 0 Å². The highest BCUT2D eigenvalue weighted by Gasteiger charge is 2.23. The lowest BCUT2D eigenvalue weighted by atomic mass is 10.1. The zero-order valence-corrected chi connectivity index (χ0v) is 9.02. The lowest BCUT2D eigenvalue weighted by Gasteiger charge is -2.10. The first-order chi connectivity index (χ1) is 7.97. The Labute approximate surface area is 95.3 Å². The molecule has 0 saturated heterocycles. The van der Waals surface area contributed by atoms with Crippen molar-refractivity contribution in [2.75, 3.05) is 6.61 Å². The molecule has 0 fully saturated rings. The number of carbonyl (C=O) groups is 2. The summed E-state index contributed by atoms with van der Waals surface area (Å²) in [5.74, 6) is -2.75. The summed E-state index contributed by atoms with van der Waals surface area (Å²) in [5, 5.41) is 12.4. The van der Waals surface area contributed by atoms with Crippen LogP contribution in [0.3, 0.4) is 0 Å². The fourth-order valence-corrected chi connectivity index (χ4v) is 1.17. The van der Waals surface area contributed by atoms with Gasteiger partial charge in [0.15, 0.2) is 0 Å². The third-order valence-electron chi connectivity index (χ3n) is 1.98. The standard InChI is InChI=1S/C9H12N2O6/c1-2-16-9(15)6-4(7(12)11-17-6)3-5(10)8(13)14/h5H,2-3,10H2,1H3,(H,11,12)(H,13,14)/p-1. The Morgan fingerprint density at radius 1 is 1.59 bits per heavy atom. The molecule has 0 aliphatic heterocycles. The number of carboxylic acids is 1. The fourth-order valence-electron chi connectivity index (χ4n) is 1.17. The van der Waals surface area contributed by atoms with Crippen LogP contribution in [0.25, 0.3) is 0 Å². The largest absolute Gasteiger partial charge is 0.548 e. The Bertz CT molecular complexity index is 474. The van der Waals surface area contributed by atoms with Gasteiger partial charge in [0.25, 0.3) is 5.56 Å². The first kappa shape index (κ1) is 13.0. The van der Waals surface area contributed by atoms with Gasteiger partial charge in [0, 0.05) is 12.5 Å². The molecule has 8 heteroatoms. The molecule has 0 saturated carbocycles. The van der Waals surface area contributed by atoms with E-state index < -0.39 is 23.5 Å². The van der Waals surface area contributed by atoms with E-state index in [4.69, 9.17) is 5.73 Å². The number of carboxylic acid groups (broad SMARTS) is 1. The van der Waals surface area contributed by atoms with E-state index in [1.54, 1.807) is 6.92 Å². The van der Waals surface area contributed by atoms with Crippen LogP contribution >= 0.6 is 0 Å². The van der Waals surface area contributed by atoms with Crippen LogP contribution < -0.4 is 16.4 Å². The topological polar surface area (TPSA) is 138 Å². The highest BCUT2D eigenvalue weighted by Crippen LogP contribution is 2.07. The maximum Gasteiger partial charge on any atom is 0.377 e. The summed E-state index contributed by atoms with van der Waals surface area (Å²) in [6.45, 7) is 1.68. The Morgan fingerprint density at radius 2 is 2.24 bits per heavy atom. The number of aromatic nitrogens is 1. The summed E-state index contributed by atoms with van der Waals surface area (Å²) < 4.78 is 9.24. The van der Waals surface area contributed by atoms with Crippen molar-refractivity contribution >= 4 is 11.9 Å². The number of nitrogens with two attached hydrogens (primary N) is 1. The van der Waals surface area contributed by atoms with Gasteiger partial charge in [0.2, 0.25) is 5.76 Å². The number of nitrogens with one attached hydrogen (secondary N) is 1. The monoisotopic (exact) mass is 243 g/mol. The number of hydrogen-bond acceptors (Lipinski definition) is 7. The molecular weight excluding hydrogens is 232 g/mol. The van der Waals surface area contributed by atoms with Gasteiger partial charge in [-0.1, -0.05) is 0 Å².